The van der Waals surface area contributed by atoms with Crippen LogP contribution in [0.25, 0.3) is 0 Å². The number of rotatable bonds is 20. The van der Waals surface area contributed by atoms with Gasteiger partial charge in [-0.2, -0.15) is 0 Å². The van der Waals surface area contributed by atoms with Crippen molar-refractivity contribution in [3.8, 4) is 23.0 Å². The Labute approximate surface area is 539 Å². The van der Waals surface area contributed by atoms with E-state index >= 15 is 0 Å². The molecule has 0 amide bonds. The molecule has 8 aromatic carbocycles. The van der Waals surface area contributed by atoms with Crippen LogP contribution >= 0.6 is 0 Å². The van der Waals surface area contributed by atoms with Crippen molar-refractivity contribution < 1.29 is 56.9 Å². The molecule has 0 aliphatic carbocycles. The van der Waals surface area contributed by atoms with Crippen molar-refractivity contribution in [2.75, 3.05) is 26.2 Å². The maximum absolute atomic E-state index is 13.3. The second kappa shape index (κ2) is 32.3. The molecule has 92 heavy (non-hydrogen) atoms. The number of fused-ring (bicyclic) bond motifs is 4. The van der Waals surface area contributed by atoms with Gasteiger partial charge in [0.2, 0.25) is 0 Å². The van der Waals surface area contributed by atoms with Gasteiger partial charge in [-0.1, -0.05) is 121 Å². The van der Waals surface area contributed by atoms with Crippen LogP contribution in [-0.2, 0) is 51.9 Å². The maximum Gasteiger partial charge on any atom is 0.133 e. The molecule has 12 nitrogen and oxygen atoms in total. The molecule has 0 saturated heterocycles. The van der Waals surface area contributed by atoms with Crippen LogP contribution in [0.15, 0.2) is 194 Å². The van der Waals surface area contributed by atoms with Crippen LogP contribution in [0.5, 0.6) is 23.0 Å². The van der Waals surface area contributed by atoms with E-state index < -0.39 is 46.8 Å². The molecule has 0 spiro atoms. The Morgan fingerprint density at radius 3 is 0.707 bits per heavy atom. The molecule has 0 radical (unpaired) electrons. The van der Waals surface area contributed by atoms with Gasteiger partial charge in [-0.25, -0.2) is 17.6 Å². The quantitative estimate of drug-likeness (QED) is 0.0341. The van der Waals surface area contributed by atoms with Crippen molar-refractivity contribution >= 4 is 0 Å². The summed E-state index contributed by atoms with van der Waals surface area (Å²) >= 11 is 0. The summed E-state index contributed by atoms with van der Waals surface area (Å²) in [5, 5.41) is 55.2. The molecular weight excluding hydrogens is 1170 g/mol. The first-order chi connectivity index (χ1) is 44.3. The number of hydrogen-bond donors (Lipinski definition) is 8. The molecule has 8 aromatic rings. The van der Waals surface area contributed by atoms with E-state index in [0.717, 1.165) is 22.3 Å². The molecule has 488 valence electrons. The minimum atomic E-state index is -0.658. The van der Waals surface area contributed by atoms with Crippen molar-refractivity contribution in [1.82, 2.24) is 21.3 Å². The lowest BCUT2D eigenvalue weighted by Gasteiger charge is -2.39. The van der Waals surface area contributed by atoms with Gasteiger partial charge < -0.3 is 60.6 Å². The lowest BCUT2D eigenvalue weighted by Crippen LogP contribution is -2.51. The molecule has 4 aliphatic heterocycles. The Morgan fingerprint density at radius 1 is 0.315 bits per heavy atom. The standard InChI is InChI=1S/4C19H22FNO2/c4*1-19(10-9-15-11-16(20)7-8-17(15)23-19)18(22)13-21-12-14-5-3-2-4-6-14/h4*2-8,11,18,21-22H,9-10,12-13H2,1H3/t2*18-,19+;2*18-,19-/m1010/s1. The second-order valence-electron chi connectivity index (χ2n) is 25.2. The summed E-state index contributed by atoms with van der Waals surface area (Å²) in [5.41, 5.74) is 5.54. The number of nitrogens with one attached hydrogen (secondary N) is 4. The lowest BCUT2D eigenvalue weighted by atomic mass is 9.88. The van der Waals surface area contributed by atoms with Gasteiger partial charge in [0.1, 0.15) is 93.1 Å². The molecule has 8 atom stereocenters. The summed E-state index contributed by atoms with van der Waals surface area (Å²) in [6, 6.07) is 58.4. The van der Waals surface area contributed by atoms with Gasteiger partial charge in [-0.3, -0.25) is 0 Å². The van der Waals surface area contributed by atoms with Gasteiger partial charge in [-0.15, -0.1) is 0 Å². The van der Waals surface area contributed by atoms with Gasteiger partial charge in [0, 0.05) is 52.4 Å². The predicted molar refractivity (Wildman–Crippen MR) is 352 cm³/mol. The molecule has 0 unspecified atom stereocenters. The van der Waals surface area contributed by atoms with E-state index in [9.17, 15) is 38.0 Å². The van der Waals surface area contributed by atoms with Gasteiger partial charge in [0.05, 0.1) is 0 Å². The number of aliphatic hydroxyl groups is 4. The van der Waals surface area contributed by atoms with E-state index in [0.29, 0.717) is 127 Å². The minimum Gasteiger partial charge on any atom is -0.485 e. The average molecular weight is 1260 g/mol. The number of aryl methyl sites for hydroxylation is 4. The molecular formula is C76H88F4N4O8. The summed E-state index contributed by atoms with van der Waals surface area (Å²) in [5.74, 6) is 1.68. The fraction of sp³-hybridized carbons (Fsp3) is 0.368. The summed E-state index contributed by atoms with van der Waals surface area (Å²) in [6.07, 6.45) is 2.95. The highest BCUT2D eigenvalue weighted by molar-refractivity contribution is 5.40. The first-order valence-electron chi connectivity index (χ1n) is 31.9. The zero-order valence-corrected chi connectivity index (χ0v) is 53.0. The largest absolute Gasteiger partial charge is 0.485 e. The van der Waals surface area contributed by atoms with Crippen molar-refractivity contribution in [3.63, 3.8) is 0 Å². The van der Waals surface area contributed by atoms with Crippen LogP contribution in [0.4, 0.5) is 17.6 Å². The number of aliphatic hydroxyl groups excluding tert-OH is 4. The highest BCUT2D eigenvalue weighted by Gasteiger charge is 2.42. The Bertz CT molecular complexity index is 3110. The molecule has 0 aromatic heterocycles. The third-order valence-corrected chi connectivity index (χ3v) is 17.9. The van der Waals surface area contributed by atoms with Crippen LogP contribution in [0.3, 0.4) is 0 Å². The maximum atomic E-state index is 13.3. The van der Waals surface area contributed by atoms with E-state index in [2.05, 4.69) is 21.3 Å². The van der Waals surface area contributed by atoms with E-state index in [1.54, 1.807) is 24.3 Å². The van der Waals surface area contributed by atoms with Gasteiger partial charge in [0.25, 0.3) is 0 Å². The Hall–Kier alpha value is -7.64. The minimum absolute atomic E-state index is 0.249. The Kier molecular flexibility index (Phi) is 24.1. The SMILES string of the molecule is C[C@@]1([C@@H](O)CNCc2ccccc2)CCc2cc(F)ccc2O1.C[C@@]1([C@H](O)CNCc2ccccc2)CCc2cc(F)ccc2O1.C[C@]1([C@@H](O)CNCc2ccccc2)CCc2cc(F)ccc2O1.C[C@]1([C@H](O)CNCc2ccccc2)CCc2cc(F)ccc2O1. The van der Waals surface area contributed by atoms with Gasteiger partial charge in [-0.05, 0) is 196 Å². The third-order valence-electron chi connectivity index (χ3n) is 17.9. The Morgan fingerprint density at radius 2 is 0.511 bits per heavy atom. The van der Waals surface area contributed by atoms with Crippen LogP contribution in [0, 0.1) is 23.3 Å². The molecule has 0 fully saturated rings. The number of halogens is 4. The van der Waals surface area contributed by atoms with Crippen LogP contribution < -0.4 is 40.2 Å². The van der Waals surface area contributed by atoms with Gasteiger partial charge >= 0.3 is 0 Å². The highest BCUT2D eigenvalue weighted by atomic mass is 19.1. The molecule has 0 saturated carbocycles. The monoisotopic (exact) mass is 1260 g/mol. The molecule has 12 rings (SSSR count). The van der Waals surface area contributed by atoms with Crippen molar-refractivity contribution in [1.29, 1.82) is 0 Å². The van der Waals surface area contributed by atoms with Crippen LogP contribution in [-0.4, -0.2) is 93.4 Å². The number of ether oxygens (including phenoxy) is 4. The second-order valence-corrected chi connectivity index (χ2v) is 25.2. The van der Waals surface area contributed by atoms with Crippen molar-refractivity contribution in [2.24, 2.45) is 0 Å². The van der Waals surface area contributed by atoms with Crippen molar-refractivity contribution in [3.05, 3.63) is 262 Å². The van der Waals surface area contributed by atoms with E-state index in [1.807, 2.05) is 149 Å². The van der Waals surface area contributed by atoms with E-state index in [1.165, 1.54) is 70.8 Å². The van der Waals surface area contributed by atoms with Crippen LogP contribution in [0.1, 0.15) is 97.9 Å². The first-order valence-corrected chi connectivity index (χ1v) is 31.9. The van der Waals surface area contributed by atoms with E-state index in [4.69, 9.17) is 18.9 Å². The third kappa shape index (κ3) is 19.2. The van der Waals surface area contributed by atoms with Gasteiger partial charge in [0.15, 0.2) is 0 Å². The van der Waals surface area contributed by atoms with Crippen LogP contribution in [0.2, 0.25) is 0 Å². The molecule has 4 heterocycles. The molecule has 0 bridgehead atoms. The summed E-state index contributed by atoms with van der Waals surface area (Å²) < 4.78 is 77.0. The zero-order chi connectivity index (χ0) is 65.1. The fourth-order valence-corrected chi connectivity index (χ4v) is 11.7. The van der Waals surface area contributed by atoms with Crippen molar-refractivity contribution in [2.45, 2.75) is 152 Å². The molecule has 8 N–H and O–H groups in total. The number of benzene rings is 8. The molecule has 16 heteroatoms. The fourth-order valence-electron chi connectivity index (χ4n) is 11.7. The zero-order valence-electron chi connectivity index (χ0n) is 53.0. The highest BCUT2D eigenvalue weighted by Crippen LogP contribution is 2.39. The van der Waals surface area contributed by atoms with E-state index in [-0.39, 0.29) is 23.3 Å². The predicted octanol–water partition coefficient (Wildman–Crippen LogP) is 12.2. The smallest absolute Gasteiger partial charge is 0.133 e. The average Bonchev–Trinajstić information content (AvgIpc) is 0.848. The first kappa shape index (κ1) is 68.7. The summed E-state index contributed by atoms with van der Waals surface area (Å²) in [6.45, 7) is 12.2. The number of hydrogen-bond acceptors (Lipinski definition) is 12. The Balaban J connectivity index is 0.000000145. The topological polar surface area (TPSA) is 166 Å². The summed E-state index contributed by atoms with van der Waals surface area (Å²) in [4.78, 5) is 0. The lowest BCUT2D eigenvalue weighted by molar-refractivity contribution is -0.0532. The molecule has 4 aliphatic rings. The summed E-state index contributed by atoms with van der Waals surface area (Å²) in [7, 11) is 0. The normalized spacial score (nSPS) is 21.3.